The van der Waals surface area contributed by atoms with Crippen LogP contribution in [-0.2, 0) is 4.74 Å². The molecule has 130 valence electrons. The van der Waals surface area contributed by atoms with Crippen LogP contribution < -0.4 is 10.1 Å². The van der Waals surface area contributed by atoms with E-state index < -0.39 is 5.97 Å². The molecule has 0 fully saturated rings. The number of nitrogens with zero attached hydrogens (tertiary/aromatic N) is 3. The Morgan fingerprint density at radius 3 is 2.60 bits per heavy atom. The van der Waals surface area contributed by atoms with Crippen LogP contribution >= 0.6 is 0 Å². The van der Waals surface area contributed by atoms with Crippen molar-refractivity contribution in [3.8, 4) is 5.75 Å². The average molecular weight is 342 g/mol. The third-order valence-corrected chi connectivity index (χ3v) is 3.39. The van der Waals surface area contributed by atoms with Gasteiger partial charge in [-0.3, -0.25) is 0 Å². The number of benzene rings is 1. The summed E-state index contributed by atoms with van der Waals surface area (Å²) in [5, 5.41) is 7.67. The zero-order chi connectivity index (χ0) is 17.8. The number of ether oxygens (including phenoxy) is 2. The second kappa shape index (κ2) is 7.16. The van der Waals surface area contributed by atoms with Gasteiger partial charge in [0, 0.05) is 5.69 Å². The molecule has 8 nitrogen and oxygen atoms in total. The standard InChI is InChI=1S/C17H18N4O4/c1-4-23-12-8-6-11(7-9-12)18-14-13-10(3)21-25-16(13)20-15(19-14)17(22)24-5-2/h6-9H,4-5H2,1-3H3,(H,18,19,20). The van der Waals surface area contributed by atoms with Gasteiger partial charge in [0.2, 0.25) is 5.82 Å². The molecule has 0 atom stereocenters. The zero-order valence-corrected chi connectivity index (χ0v) is 14.2. The minimum atomic E-state index is -0.617. The van der Waals surface area contributed by atoms with Crippen molar-refractivity contribution in [3.05, 3.63) is 35.8 Å². The molecular formula is C17H18N4O4. The zero-order valence-electron chi connectivity index (χ0n) is 14.2. The molecule has 1 N–H and O–H groups in total. The van der Waals surface area contributed by atoms with Crippen molar-refractivity contribution in [1.82, 2.24) is 15.1 Å². The van der Waals surface area contributed by atoms with E-state index in [0.29, 0.717) is 23.5 Å². The van der Waals surface area contributed by atoms with Crippen LogP contribution in [0.25, 0.3) is 11.1 Å². The van der Waals surface area contributed by atoms with Crippen molar-refractivity contribution >= 4 is 28.6 Å². The Balaban J connectivity index is 1.98. The molecule has 0 aliphatic heterocycles. The number of nitrogens with one attached hydrogen (secondary N) is 1. The lowest BCUT2D eigenvalue weighted by atomic mass is 10.2. The van der Waals surface area contributed by atoms with Gasteiger partial charge < -0.3 is 19.3 Å². The van der Waals surface area contributed by atoms with Gasteiger partial charge in [-0.1, -0.05) is 5.16 Å². The van der Waals surface area contributed by atoms with Gasteiger partial charge in [0.05, 0.1) is 18.9 Å². The summed E-state index contributed by atoms with van der Waals surface area (Å²) in [6.45, 7) is 6.26. The first-order chi connectivity index (χ1) is 12.1. The molecule has 0 bridgehead atoms. The number of fused-ring (bicyclic) bond motifs is 1. The minimum Gasteiger partial charge on any atom is -0.494 e. The van der Waals surface area contributed by atoms with Crippen molar-refractivity contribution < 1.29 is 18.8 Å². The van der Waals surface area contributed by atoms with E-state index in [1.165, 1.54) is 0 Å². The summed E-state index contributed by atoms with van der Waals surface area (Å²) in [5.74, 6) is 0.498. The van der Waals surface area contributed by atoms with E-state index in [1.807, 2.05) is 31.2 Å². The van der Waals surface area contributed by atoms with Crippen LogP contribution in [0.15, 0.2) is 28.8 Å². The molecule has 0 unspecified atom stereocenters. The van der Waals surface area contributed by atoms with Crippen LogP contribution in [0.2, 0.25) is 0 Å². The van der Waals surface area contributed by atoms with Crippen LogP contribution in [0.4, 0.5) is 11.5 Å². The van der Waals surface area contributed by atoms with Crippen molar-refractivity contribution in [1.29, 1.82) is 0 Å². The fraction of sp³-hybridized carbons (Fsp3) is 0.294. The highest BCUT2D eigenvalue weighted by Gasteiger charge is 2.19. The number of rotatable bonds is 6. The Morgan fingerprint density at radius 1 is 1.16 bits per heavy atom. The van der Waals surface area contributed by atoms with E-state index in [0.717, 1.165) is 11.4 Å². The number of hydrogen-bond donors (Lipinski definition) is 1. The predicted molar refractivity (Wildman–Crippen MR) is 91.2 cm³/mol. The molecule has 0 saturated carbocycles. The largest absolute Gasteiger partial charge is 0.494 e. The van der Waals surface area contributed by atoms with Crippen LogP contribution in [0.5, 0.6) is 5.75 Å². The number of hydrogen-bond acceptors (Lipinski definition) is 8. The average Bonchev–Trinajstić information content (AvgIpc) is 2.98. The molecule has 1 aromatic carbocycles. The second-order valence-corrected chi connectivity index (χ2v) is 5.15. The maximum Gasteiger partial charge on any atom is 0.376 e. The second-order valence-electron chi connectivity index (χ2n) is 5.15. The summed E-state index contributed by atoms with van der Waals surface area (Å²) < 4.78 is 15.6. The third-order valence-electron chi connectivity index (χ3n) is 3.39. The van der Waals surface area contributed by atoms with Crippen molar-refractivity contribution in [2.45, 2.75) is 20.8 Å². The Hall–Kier alpha value is -3.16. The maximum atomic E-state index is 12.0. The highest BCUT2D eigenvalue weighted by molar-refractivity contribution is 5.94. The topological polar surface area (TPSA) is 99.4 Å². The maximum absolute atomic E-state index is 12.0. The lowest BCUT2D eigenvalue weighted by molar-refractivity contribution is 0.0512. The quantitative estimate of drug-likeness (QED) is 0.682. The van der Waals surface area contributed by atoms with E-state index in [9.17, 15) is 4.79 Å². The van der Waals surface area contributed by atoms with Gasteiger partial charge in [0.25, 0.3) is 5.71 Å². The smallest absolute Gasteiger partial charge is 0.376 e. The van der Waals surface area contributed by atoms with E-state index in [-0.39, 0.29) is 18.1 Å². The lowest BCUT2D eigenvalue weighted by Crippen LogP contribution is -2.11. The van der Waals surface area contributed by atoms with E-state index >= 15 is 0 Å². The molecule has 0 aliphatic rings. The Bertz CT molecular complexity index is 890. The Kier molecular flexibility index (Phi) is 4.78. The summed E-state index contributed by atoms with van der Waals surface area (Å²) in [6.07, 6.45) is 0. The number of aryl methyl sites for hydroxylation is 1. The van der Waals surface area contributed by atoms with Gasteiger partial charge in [-0.25, -0.2) is 9.78 Å². The molecule has 0 amide bonds. The van der Waals surface area contributed by atoms with Gasteiger partial charge in [-0.2, -0.15) is 4.98 Å². The molecule has 0 radical (unpaired) electrons. The lowest BCUT2D eigenvalue weighted by Gasteiger charge is -2.09. The van der Waals surface area contributed by atoms with Crippen molar-refractivity contribution in [2.75, 3.05) is 18.5 Å². The normalized spacial score (nSPS) is 10.7. The monoisotopic (exact) mass is 342 g/mol. The van der Waals surface area contributed by atoms with Crippen LogP contribution in [0.1, 0.15) is 30.2 Å². The van der Waals surface area contributed by atoms with Crippen molar-refractivity contribution in [2.24, 2.45) is 0 Å². The van der Waals surface area contributed by atoms with E-state index in [2.05, 4.69) is 20.4 Å². The van der Waals surface area contributed by atoms with E-state index in [4.69, 9.17) is 14.0 Å². The van der Waals surface area contributed by atoms with Crippen molar-refractivity contribution in [3.63, 3.8) is 0 Å². The number of esters is 1. The fourth-order valence-corrected chi connectivity index (χ4v) is 2.30. The summed E-state index contributed by atoms with van der Waals surface area (Å²) in [5.41, 5.74) is 1.63. The molecule has 2 heterocycles. The molecule has 0 saturated heterocycles. The highest BCUT2D eigenvalue weighted by Crippen LogP contribution is 2.27. The van der Waals surface area contributed by atoms with Gasteiger partial charge in [-0.15, -0.1) is 0 Å². The summed E-state index contributed by atoms with van der Waals surface area (Å²) in [4.78, 5) is 20.3. The molecular weight excluding hydrogens is 324 g/mol. The van der Waals surface area contributed by atoms with Gasteiger partial charge >= 0.3 is 5.97 Å². The molecule has 8 heteroatoms. The van der Waals surface area contributed by atoms with Crippen LogP contribution in [-0.4, -0.2) is 34.3 Å². The fourth-order valence-electron chi connectivity index (χ4n) is 2.30. The summed E-state index contributed by atoms with van der Waals surface area (Å²) in [6, 6.07) is 7.39. The number of carbonyl (C=O) groups excluding carboxylic acids is 1. The van der Waals surface area contributed by atoms with Crippen LogP contribution in [0.3, 0.4) is 0 Å². The molecule has 0 spiro atoms. The van der Waals surface area contributed by atoms with Crippen LogP contribution in [0, 0.1) is 6.92 Å². The number of aromatic nitrogens is 3. The Labute approximate surface area is 144 Å². The molecule has 0 aliphatic carbocycles. The SMILES string of the molecule is CCOC(=O)c1nc(Nc2ccc(OCC)cc2)c2c(C)noc2n1. The molecule has 2 aromatic heterocycles. The number of anilines is 2. The molecule has 3 aromatic rings. The predicted octanol–water partition coefficient (Wildman–Crippen LogP) is 3.25. The highest BCUT2D eigenvalue weighted by atomic mass is 16.5. The van der Waals surface area contributed by atoms with Gasteiger partial charge in [0.1, 0.15) is 17.0 Å². The first-order valence-electron chi connectivity index (χ1n) is 7.93. The minimum absolute atomic E-state index is 0.0843. The van der Waals surface area contributed by atoms with Gasteiger partial charge in [0.15, 0.2) is 0 Å². The van der Waals surface area contributed by atoms with Gasteiger partial charge in [-0.05, 0) is 45.0 Å². The third kappa shape index (κ3) is 3.52. The molecule has 3 rings (SSSR count). The molecule has 25 heavy (non-hydrogen) atoms. The summed E-state index contributed by atoms with van der Waals surface area (Å²) >= 11 is 0. The van der Waals surface area contributed by atoms with E-state index in [1.54, 1.807) is 13.8 Å². The number of carbonyl (C=O) groups is 1. The summed E-state index contributed by atoms with van der Waals surface area (Å²) in [7, 11) is 0. The first kappa shape index (κ1) is 16.7. The Morgan fingerprint density at radius 2 is 1.92 bits per heavy atom. The first-order valence-corrected chi connectivity index (χ1v) is 7.93.